The van der Waals surface area contributed by atoms with Gasteiger partial charge in [-0.15, -0.1) is 0 Å². The maximum absolute atomic E-state index is 13.1. The number of carbonyl (C=O) groups is 2. The van der Waals surface area contributed by atoms with Crippen LogP contribution in [0, 0.1) is 6.92 Å². The van der Waals surface area contributed by atoms with Crippen LogP contribution in [0.1, 0.15) is 23.5 Å². The van der Waals surface area contributed by atoms with E-state index in [-0.39, 0.29) is 18.9 Å². The lowest BCUT2D eigenvalue weighted by molar-refractivity contribution is -0.136. The van der Waals surface area contributed by atoms with Crippen LogP contribution in [0.3, 0.4) is 0 Å². The first kappa shape index (κ1) is 18.1. The van der Waals surface area contributed by atoms with E-state index in [2.05, 4.69) is 0 Å². The van der Waals surface area contributed by atoms with Crippen LogP contribution in [0.2, 0.25) is 0 Å². The standard InChI is InChI=1S/C22H21NO5/c1-13-7-9-14(10-8-13)23-17-12-28-22(25)20(17)16(11-19(23)24)15-5-4-6-18(26-2)21(15)27-3/h4-10,16H,11-12H2,1-3H3/t16-/m0/s1. The summed E-state index contributed by atoms with van der Waals surface area (Å²) in [7, 11) is 3.11. The molecule has 2 aromatic rings. The number of aryl methyl sites for hydroxylation is 1. The SMILES string of the molecule is COc1cccc([C@@H]2CC(=O)N(c3ccc(C)cc3)C3=C2C(=O)OC3)c1OC. The highest BCUT2D eigenvalue weighted by molar-refractivity contribution is 6.06. The van der Waals surface area contributed by atoms with Crippen molar-refractivity contribution in [1.82, 2.24) is 0 Å². The number of anilines is 1. The Labute approximate surface area is 163 Å². The van der Waals surface area contributed by atoms with Gasteiger partial charge in [-0.3, -0.25) is 9.69 Å². The molecule has 0 N–H and O–H groups in total. The van der Waals surface area contributed by atoms with E-state index >= 15 is 0 Å². The molecule has 2 aliphatic heterocycles. The number of benzene rings is 2. The van der Waals surface area contributed by atoms with Crippen molar-refractivity contribution >= 4 is 17.6 Å². The minimum atomic E-state index is -0.441. The van der Waals surface area contributed by atoms with Crippen molar-refractivity contribution in [2.24, 2.45) is 0 Å². The summed E-state index contributed by atoms with van der Waals surface area (Å²) in [4.78, 5) is 27.3. The highest BCUT2D eigenvalue weighted by atomic mass is 16.5. The molecule has 0 bridgehead atoms. The van der Waals surface area contributed by atoms with Crippen molar-refractivity contribution in [3.8, 4) is 11.5 Å². The molecule has 0 unspecified atom stereocenters. The summed E-state index contributed by atoms with van der Waals surface area (Å²) in [5.74, 6) is 0.162. The van der Waals surface area contributed by atoms with Crippen LogP contribution >= 0.6 is 0 Å². The van der Waals surface area contributed by atoms with Gasteiger partial charge >= 0.3 is 5.97 Å². The lowest BCUT2D eigenvalue weighted by Gasteiger charge is -2.32. The smallest absolute Gasteiger partial charge is 0.336 e. The third kappa shape index (κ3) is 2.81. The minimum absolute atomic E-state index is 0.0799. The largest absolute Gasteiger partial charge is 0.493 e. The fraction of sp³-hybridized carbons (Fsp3) is 0.273. The predicted molar refractivity (Wildman–Crippen MR) is 104 cm³/mol. The predicted octanol–water partition coefficient (Wildman–Crippen LogP) is 3.34. The highest BCUT2D eigenvalue weighted by Gasteiger charge is 2.44. The number of methoxy groups -OCH3 is 2. The molecule has 1 amide bonds. The number of para-hydroxylation sites is 1. The number of ether oxygens (including phenoxy) is 3. The van der Waals surface area contributed by atoms with Crippen LogP contribution in [0.15, 0.2) is 53.7 Å². The van der Waals surface area contributed by atoms with Gasteiger partial charge in [-0.2, -0.15) is 0 Å². The molecule has 144 valence electrons. The molecule has 6 heteroatoms. The average molecular weight is 379 g/mol. The molecule has 0 radical (unpaired) electrons. The maximum Gasteiger partial charge on any atom is 0.336 e. The van der Waals surface area contributed by atoms with Gasteiger partial charge in [0.05, 0.1) is 25.5 Å². The van der Waals surface area contributed by atoms with Gasteiger partial charge in [0.1, 0.15) is 6.61 Å². The summed E-state index contributed by atoms with van der Waals surface area (Å²) >= 11 is 0. The average Bonchev–Trinajstić information content (AvgIpc) is 3.09. The second kappa shape index (κ2) is 7.03. The van der Waals surface area contributed by atoms with E-state index in [9.17, 15) is 9.59 Å². The third-order valence-corrected chi connectivity index (χ3v) is 5.22. The third-order valence-electron chi connectivity index (χ3n) is 5.22. The zero-order valence-electron chi connectivity index (χ0n) is 16.0. The van der Waals surface area contributed by atoms with Crippen molar-refractivity contribution < 1.29 is 23.8 Å². The molecule has 1 atom stereocenters. The Hall–Kier alpha value is -3.28. The van der Waals surface area contributed by atoms with Crippen LogP contribution in [0.5, 0.6) is 11.5 Å². The van der Waals surface area contributed by atoms with E-state index in [4.69, 9.17) is 14.2 Å². The first-order chi connectivity index (χ1) is 13.5. The number of nitrogens with zero attached hydrogens (tertiary/aromatic N) is 1. The van der Waals surface area contributed by atoms with E-state index < -0.39 is 11.9 Å². The van der Waals surface area contributed by atoms with Gasteiger partial charge in [0, 0.05) is 23.6 Å². The van der Waals surface area contributed by atoms with E-state index in [0.29, 0.717) is 22.8 Å². The molecule has 28 heavy (non-hydrogen) atoms. The number of carbonyl (C=O) groups excluding carboxylic acids is 2. The van der Waals surface area contributed by atoms with Crippen molar-refractivity contribution in [3.63, 3.8) is 0 Å². The molecule has 0 aromatic heterocycles. The lowest BCUT2D eigenvalue weighted by atomic mass is 9.83. The second-order valence-electron chi connectivity index (χ2n) is 6.84. The van der Waals surface area contributed by atoms with Crippen LogP contribution in [0.4, 0.5) is 5.69 Å². The summed E-state index contributed by atoms with van der Waals surface area (Å²) < 4.78 is 16.2. The molecule has 0 spiro atoms. The molecule has 2 aromatic carbocycles. The van der Waals surface area contributed by atoms with Gasteiger partial charge in [-0.25, -0.2) is 4.79 Å². The number of rotatable bonds is 4. The Morgan fingerprint density at radius 1 is 1.04 bits per heavy atom. The highest BCUT2D eigenvalue weighted by Crippen LogP contribution is 2.46. The Morgan fingerprint density at radius 2 is 1.79 bits per heavy atom. The molecule has 0 saturated heterocycles. The molecule has 0 saturated carbocycles. The Balaban J connectivity index is 1.85. The number of cyclic esters (lactones) is 1. The summed E-state index contributed by atoms with van der Waals surface area (Å²) in [6, 6.07) is 13.1. The van der Waals surface area contributed by atoms with Gasteiger partial charge in [0.25, 0.3) is 0 Å². The Bertz CT molecular complexity index is 977. The number of hydrogen-bond acceptors (Lipinski definition) is 5. The van der Waals surface area contributed by atoms with Gasteiger partial charge < -0.3 is 14.2 Å². The molecule has 6 nitrogen and oxygen atoms in total. The van der Waals surface area contributed by atoms with E-state index in [1.807, 2.05) is 43.3 Å². The van der Waals surface area contributed by atoms with E-state index in [1.165, 1.54) is 0 Å². The van der Waals surface area contributed by atoms with Gasteiger partial charge in [0.15, 0.2) is 11.5 Å². The molecule has 2 aliphatic rings. The van der Waals surface area contributed by atoms with E-state index in [0.717, 1.165) is 16.8 Å². The normalized spacial score (nSPS) is 18.8. The van der Waals surface area contributed by atoms with Crippen LogP contribution < -0.4 is 14.4 Å². The summed E-state index contributed by atoms with van der Waals surface area (Å²) in [5, 5.41) is 0. The van der Waals surface area contributed by atoms with Crippen molar-refractivity contribution in [3.05, 3.63) is 64.9 Å². The minimum Gasteiger partial charge on any atom is -0.493 e. The second-order valence-corrected chi connectivity index (χ2v) is 6.84. The summed E-state index contributed by atoms with van der Waals surface area (Å²) in [5.41, 5.74) is 3.68. The Morgan fingerprint density at radius 3 is 2.46 bits per heavy atom. The van der Waals surface area contributed by atoms with Gasteiger partial charge in [-0.05, 0) is 25.1 Å². The first-order valence-corrected chi connectivity index (χ1v) is 9.05. The lowest BCUT2D eigenvalue weighted by Crippen LogP contribution is -2.37. The van der Waals surface area contributed by atoms with Crippen LogP contribution in [-0.2, 0) is 14.3 Å². The number of amides is 1. The van der Waals surface area contributed by atoms with Gasteiger partial charge in [0.2, 0.25) is 5.91 Å². The summed E-state index contributed by atoms with van der Waals surface area (Å²) in [6.07, 6.45) is 0.144. The molecular weight excluding hydrogens is 358 g/mol. The monoisotopic (exact) mass is 379 g/mol. The van der Waals surface area contributed by atoms with Crippen LogP contribution in [0.25, 0.3) is 0 Å². The van der Waals surface area contributed by atoms with E-state index in [1.54, 1.807) is 25.2 Å². The van der Waals surface area contributed by atoms with Crippen molar-refractivity contribution in [2.45, 2.75) is 19.3 Å². The zero-order chi connectivity index (χ0) is 19.8. The van der Waals surface area contributed by atoms with Crippen molar-refractivity contribution in [1.29, 1.82) is 0 Å². The zero-order valence-corrected chi connectivity index (χ0v) is 16.0. The quantitative estimate of drug-likeness (QED) is 0.763. The topological polar surface area (TPSA) is 65.1 Å². The number of hydrogen-bond donors (Lipinski definition) is 0. The van der Waals surface area contributed by atoms with Crippen LogP contribution in [-0.4, -0.2) is 32.7 Å². The fourth-order valence-electron chi connectivity index (χ4n) is 3.90. The maximum atomic E-state index is 13.1. The molecule has 0 fully saturated rings. The molecule has 0 aliphatic carbocycles. The van der Waals surface area contributed by atoms with Gasteiger partial charge in [-0.1, -0.05) is 29.8 Å². The number of esters is 1. The first-order valence-electron chi connectivity index (χ1n) is 9.05. The summed E-state index contributed by atoms with van der Waals surface area (Å²) in [6.45, 7) is 2.07. The molecule has 2 heterocycles. The molecular formula is C22H21NO5. The van der Waals surface area contributed by atoms with Crippen molar-refractivity contribution in [2.75, 3.05) is 25.7 Å². The Kier molecular flexibility index (Phi) is 4.55. The molecule has 4 rings (SSSR count). The fourth-order valence-corrected chi connectivity index (χ4v) is 3.90.